The van der Waals surface area contributed by atoms with Gasteiger partial charge in [0.05, 0.1) is 17.4 Å². The van der Waals surface area contributed by atoms with Crippen LogP contribution in [-0.2, 0) is 0 Å². The second-order valence-corrected chi connectivity index (χ2v) is 3.09. The van der Waals surface area contributed by atoms with E-state index < -0.39 is 0 Å². The van der Waals surface area contributed by atoms with E-state index in [2.05, 4.69) is 16.0 Å². The SMILES string of the molecule is N#Cc1cc(N)cnc1N1CCC1. The van der Waals surface area contributed by atoms with Gasteiger partial charge < -0.3 is 10.6 Å². The van der Waals surface area contributed by atoms with E-state index in [1.807, 2.05) is 0 Å². The molecule has 0 radical (unpaired) electrons. The molecule has 2 heterocycles. The Morgan fingerprint density at radius 2 is 2.31 bits per heavy atom. The van der Waals surface area contributed by atoms with Gasteiger partial charge >= 0.3 is 0 Å². The Bertz CT molecular complexity index is 362. The van der Waals surface area contributed by atoms with Gasteiger partial charge in [0.1, 0.15) is 11.9 Å². The van der Waals surface area contributed by atoms with Gasteiger partial charge in [-0.3, -0.25) is 0 Å². The monoisotopic (exact) mass is 174 g/mol. The lowest BCUT2D eigenvalue weighted by Gasteiger charge is -2.32. The summed E-state index contributed by atoms with van der Waals surface area (Å²) in [5.41, 5.74) is 6.64. The Labute approximate surface area is 76.6 Å². The van der Waals surface area contributed by atoms with E-state index in [1.165, 1.54) is 6.42 Å². The second-order valence-electron chi connectivity index (χ2n) is 3.09. The van der Waals surface area contributed by atoms with Crippen LogP contribution >= 0.6 is 0 Å². The minimum absolute atomic E-state index is 0.542. The summed E-state index contributed by atoms with van der Waals surface area (Å²) in [7, 11) is 0. The molecule has 0 unspecified atom stereocenters. The van der Waals surface area contributed by atoms with Crippen LogP contribution in [0.2, 0.25) is 0 Å². The van der Waals surface area contributed by atoms with Gasteiger partial charge in [-0.1, -0.05) is 0 Å². The van der Waals surface area contributed by atoms with Gasteiger partial charge in [0, 0.05) is 13.1 Å². The highest BCUT2D eigenvalue weighted by atomic mass is 15.2. The van der Waals surface area contributed by atoms with Gasteiger partial charge in [0.15, 0.2) is 0 Å². The van der Waals surface area contributed by atoms with E-state index in [1.54, 1.807) is 12.3 Å². The number of nitrogens with zero attached hydrogens (tertiary/aromatic N) is 3. The molecule has 1 aromatic rings. The first-order chi connectivity index (χ1) is 6.31. The van der Waals surface area contributed by atoms with Crippen molar-refractivity contribution in [2.45, 2.75) is 6.42 Å². The molecule has 4 nitrogen and oxygen atoms in total. The summed E-state index contributed by atoms with van der Waals surface area (Å²) in [5, 5.41) is 8.84. The average molecular weight is 174 g/mol. The fourth-order valence-corrected chi connectivity index (χ4v) is 1.34. The number of nitrogen functional groups attached to an aromatic ring is 1. The maximum atomic E-state index is 8.84. The van der Waals surface area contributed by atoms with Gasteiger partial charge in [-0.05, 0) is 12.5 Å². The Morgan fingerprint density at radius 1 is 1.54 bits per heavy atom. The number of nitrogens with two attached hydrogens (primary N) is 1. The normalized spacial score (nSPS) is 14.8. The highest BCUT2D eigenvalue weighted by Crippen LogP contribution is 2.23. The largest absolute Gasteiger partial charge is 0.397 e. The van der Waals surface area contributed by atoms with Crippen molar-refractivity contribution in [1.29, 1.82) is 5.26 Å². The molecule has 0 amide bonds. The van der Waals surface area contributed by atoms with Gasteiger partial charge in [0.2, 0.25) is 0 Å². The van der Waals surface area contributed by atoms with E-state index >= 15 is 0 Å². The zero-order valence-electron chi connectivity index (χ0n) is 7.20. The van der Waals surface area contributed by atoms with Gasteiger partial charge in [-0.15, -0.1) is 0 Å². The summed E-state index contributed by atoms with van der Waals surface area (Å²) >= 11 is 0. The van der Waals surface area contributed by atoms with Crippen LogP contribution in [0.1, 0.15) is 12.0 Å². The topological polar surface area (TPSA) is 65.9 Å². The van der Waals surface area contributed by atoms with Crippen LogP contribution in [0.15, 0.2) is 12.3 Å². The summed E-state index contributed by atoms with van der Waals surface area (Å²) in [6.07, 6.45) is 2.77. The summed E-state index contributed by atoms with van der Waals surface area (Å²) in [6, 6.07) is 3.77. The molecular formula is C9H10N4. The van der Waals surface area contributed by atoms with Crippen molar-refractivity contribution in [3.05, 3.63) is 17.8 Å². The van der Waals surface area contributed by atoms with Crippen LogP contribution in [0.25, 0.3) is 0 Å². The van der Waals surface area contributed by atoms with Crippen LogP contribution in [0.3, 0.4) is 0 Å². The van der Waals surface area contributed by atoms with E-state index in [4.69, 9.17) is 11.0 Å². The quantitative estimate of drug-likeness (QED) is 0.682. The molecule has 2 rings (SSSR count). The maximum absolute atomic E-state index is 8.84. The molecular weight excluding hydrogens is 164 g/mol. The number of nitriles is 1. The zero-order chi connectivity index (χ0) is 9.26. The highest BCUT2D eigenvalue weighted by molar-refractivity contribution is 5.59. The number of anilines is 2. The van der Waals surface area contributed by atoms with Gasteiger partial charge in [-0.2, -0.15) is 5.26 Å². The Hall–Kier alpha value is -1.76. The predicted octanol–water partition coefficient (Wildman–Crippen LogP) is 0.746. The lowest BCUT2D eigenvalue weighted by molar-refractivity contribution is 0.609. The third-order valence-electron chi connectivity index (χ3n) is 2.16. The molecule has 0 bridgehead atoms. The molecule has 0 aliphatic carbocycles. The van der Waals surface area contributed by atoms with Crippen LogP contribution in [0.4, 0.5) is 11.5 Å². The molecule has 0 atom stereocenters. The summed E-state index contributed by atoms with van der Waals surface area (Å²) in [6.45, 7) is 1.98. The van der Waals surface area contributed by atoms with E-state index in [-0.39, 0.29) is 0 Å². The Balaban J connectivity index is 2.39. The first kappa shape index (κ1) is 7.87. The van der Waals surface area contributed by atoms with Gasteiger partial charge in [-0.25, -0.2) is 4.98 Å². The number of rotatable bonds is 1. The molecule has 4 heteroatoms. The molecule has 0 aromatic carbocycles. The summed E-state index contributed by atoms with van der Waals surface area (Å²) < 4.78 is 0. The fourth-order valence-electron chi connectivity index (χ4n) is 1.34. The van der Waals surface area contributed by atoms with Crippen molar-refractivity contribution in [3.8, 4) is 6.07 Å². The fraction of sp³-hybridized carbons (Fsp3) is 0.333. The molecule has 1 aliphatic heterocycles. The third kappa shape index (κ3) is 1.29. The van der Waals surface area contributed by atoms with Crippen molar-refractivity contribution in [2.75, 3.05) is 23.7 Å². The smallest absolute Gasteiger partial charge is 0.146 e. The highest BCUT2D eigenvalue weighted by Gasteiger charge is 2.18. The lowest BCUT2D eigenvalue weighted by Crippen LogP contribution is -2.38. The van der Waals surface area contributed by atoms with Crippen molar-refractivity contribution in [2.24, 2.45) is 0 Å². The average Bonchev–Trinajstić information content (AvgIpc) is 2.05. The third-order valence-corrected chi connectivity index (χ3v) is 2.16. The number of pyridine rings is 1. The minimum atomic E-state index is 0.542. The second kappa shape index (κ2) is 2.94. The van der Waals surface area contributed by atoms with E-state index in [9.17, 15) is 0 Å². The first-order valence-electron chi connectivity index (χ1n) is 4.22. The predicted molar refractivity (Wildman–Crippen MR) is 50.2 cm³/mol. The van der Waals surface area contributed by atoms with Crippen LogP contribution < -0.4 is 10.6 Å². The van der Waals surface area contributed by atoms with Crippen LogP contribution in [-0.4, -0.2) is 18.1 Å². The molecule has 0 spiro atoms. The zero-order valence-corrected chi connectivity index (χ0v) is 7.20. The molecule has 1 aliphatic rings. The van der Waals surface area contributed by atoms with Crippen molar-refractivity contribution >= 4 is 11.5 Å². The number of aromatic nitrogens is 1. The molecule has 2 N–H and O–H groups in total. The van der Waals surface area contributed by atoms with Crippen molar-refractivity contribution in [1.82, 2.24) is 4.98 Å². The first-order valence-corrected chi connectivity index (χ1v) is 4.22. The van der Waals surface area contributed by atoms with E-state index in [0.717, 1.165) is 18.9 Å². The molecule has 1 fully saturated rings. The lowest BCUT2D eigenvalue weighted by atomic mass is 10.1. The minimum Gasteiger partial charge on any atom is -0.397 e. The van der Waals surface area contributed by atoms with E-state index in [0.29, 0.717) is 11.3 Å². The van der Waals surface area contributed by atoms with Crippen molar-refractivity contribution in [3.63, 3.8) is 0 Å². The molecule has 0 saturated carbocycles. The Morgan fingerprint density at radius 3 is 2.85 bits per heavy atom. The molecule has 66 valence electrons. The van der Waals surface area contributed by atoms with Crippen molar-refractivity contribution < 1.29 is 0 Å². The Kier molecular flexibility index (Phi) is 1.78. The molecule has 1 saturated heterocycles. The number of hydrogen-bond donors (Lipinski definition) is 1. The summed E-state index contributed by atoms with van der Waals surface area (Å²) in [4.78, 5) is 6.23. The molecule has 1 aromatic heterocycles. The van der Waals surface area contributed by atoms with Gasteiger partial charge in [0.25, 0.3) is 0 Å². The maximum Gasteiger partial charge on any atom is 0.146 e. The molecule has 13 heavy (non-hydrogen) atoms. The number of hydrogen-bond acceptors (Lipinski definition) is 4. The standard InChI is InChI=1S/C9H10N4/c10-5-7-4-8(11)6-12-9(7)13-2-1-3-13/h4,6H,1-3,11H2. The summed E-state index contributed by atoms with van der Waals surface area (Å²) in [5.74, 6) is 0.767. The van der Waals surface area contributed by atoms with Crippen LogP contribution in [0.5, 0.6) is 0 Å². The van der Waals surface area contributed by atoms with Crippen LogP contribution in [0, 0.1) is 11.3 Å².